The summed E-state index contributed by atoms with van der Waals surface area (Å²) >= 11 is 0. The van der Waals surface area contributed by atoms with Gasteiger partial charge in [-0.3, -0.25) is 4.79 Å². The van der Waals surface area contributed by atoms with Crippen molar-refractivity contribution in [1.29, 1.82) is 0 Å². The normalized spacial score (nSPS) is 9.33. The highest BCUT2D eigenvalue weighted by molar-refractivity contribution is 5.79. The molecule has 1 rings (SSSR count). The van der Waals surface area contributed by atoms with Crippen molar-refractivity contribution in [2.75, 3.05) is 13.1 Å². The molecule has 0 fully saturated rings. The van der Waals surface area contributed by atoms with Gasteiger partial charge in [0.2, 0.25) is 5.91 Å². The van der Waals surface area contributed by atoms with Gasteiger partial charge in [0.1, 0.15) is 0 Å². The van der Waals surface area contributed by atoms with Gasteiger partial charge in [0.15, 0.2) is 0 Å². The Bertz CT molecular complexity index is 351. The van der Waals surface area contributed by atoms with Gasteiger partial charge in [-0.05, 0) is 12.5 Å². The maximum Gasteiger partial charge on any atom is 0.227 e. The van der Waals surface area contributed by atoms with Gasteiger partial charge in [0.05, 0.1) is 13.0 Å². The van der Waals surface area contributed by atoms with Crippen molar-refractivity contribution in [3.63, 3.8) is 0 Å². The third-order valence-corrected chi connectivity index (χ3v) is 2.21. The fourth-order valence-corrected chi connectivity index (χ4v) is 1.37. The zero-order valence-electron chi connectivity index (χ0n) is 8.94. The van der Waals surface area contributed by atoms with Crippen LogP contribution in [0.3, 0.4) is 0 Å². The van der Waals surface area contributed by atoms with Gasteiger partial charge >= 0.3 is 0 Å². The fourth-order valence-electron chi connectivity index (χ4n) is 1.37. The Morgan fingerprint density at radius 2 is 2.07 bits per heavy atom. The van der Waals surface area contributed by atoms with Crippen molar-refractivity contribution in [2.24, 2.45) is 0 Å². The van der Waals surface area contributed by atoms with Gasteiger partial charge < -0.3 is 4.90 Å². The van der Waals surface area contributed by atoms with Crippen molar-refractivity contribution in [3.05, 3.63) is 35.9 Å². The van der Waals surface area contributed by atoms with E-state index in [0.717, 1.165) is 5.56 Å². The van der Waals surface area contributed by atoms with E-state index >= 15 is 0 Å². The van der Waals surface area contributed by atoms with Crippen LogP contribution in [-0.4, -0.2) is 23.9 Å². The molecule has 0 aromatic heterocycles. The molecule has 15 heavy (non-hydrogen) atoms. The number of benzene rings is 1. The zero-order valence-corrected chi connectivity index (χ0v) is 8.94. The zero-order chi connectivity index (χ0) is 11.1. The molecule has 1 aromatic rings. The first-order chi connectivity index (χ1) is 7.27. The SMILES string of the molecule is C#CCN(CC)C(=O)Cc1ccccc1. The van der Waals surface area contributed by atoms with Crippen LogP contribution in [0, 0.1) is 12.3 Å². The van der Waals surface area contributed by atoms with Crippen molar-refractivity contribution >= 4 is 5.91 Å². The quantitative estimate of drug-likeness (QED) is 0.679. The third-order valence-electron chi connectivity index (χ3n) is 2.21. The lowest BCUT2D eigenvalue weighted by molar-refractivity contribution is -0.129. The molecule has 78 valence electrons. The van der Waals surface area contributed by atoms with E-state index in [1.165, 1.54) is 0 Å². The number of carbonyl (C=O) groups is 1. The molecule has 0 bridgehead atoms. The predicted octanol–water partition coefficient (Wildman–Crippen LogP) is 1.71. The molecular weight excluding hydrogens is 186 g/mol. The van der Waals surface area contributed by atoms with Crippen LogP contribution in [0.4, 0.5) is 0 Å². The van der Waals surface area contributed by atoms with Crippen LogP contribution in [-0.2, 0) is 11.2 Å². The van der Waals surface area contributed by atoms with Crippen molar-refractivity contribution in [3.8, 4) is 12.3 Å². The van der Waals surface area contributed by atoms with Crippen LogP contribution in [0.2, 0.25) is 0 Å². The average Bonchev–Trinajstić information content (AvgIpc) is 2.27. The smallest absolute Gasteiger partial charge is 0.227 e. The monoisotopic (exact) mass is 201 g/mol. The second-order valence-electron chi connectivity index (χ2n) is 3.27. The summed E-state index contributed by atoms with van der Waals surface area (Å²) in [6.07, 6.45) is 5.62. The third kappa shape index (κ3) is 3.47. The molecular formula is C13H15NO. The van der Waals surface area contributed by atoms with Crippen LogP contribution in [0.25, 0.3) is 0 Å². The number of rotatable bonds is 4. The van der Waals surface area contributed by atoms with Gasteiger partial charge in [0, 0.05) is 6.54 Å². The van der Waals surface area contributed by atoms with Crippen LogP contribution in [0.5, 0.6) is 0 Å². The maximum absolute atomic E-state index is 11.8. The summed E-state index contributed by atoms with van der Waals surface area (Å²) < 4.78 is 0. The second kappa shape index (κ2) is 5.87. The average molecular weight is 201 g/mol. The number of hydrogen-bond acceptors (Lipinski definition) is 1. The first kappa shape index (κ1) is 11.3. The Hall–Kier alpha value is -1.75. The van der Waals surface area contributed by atoms with Crippen LogP contribution in [0.1, 0.15) is 12.5 Å². The summed E-state index contributed by atoms with van der Waals surface area (Å²) in [6, 6.07) is 9.69. The number of carbonyl (C=O) groups excluding carboxylic acids is 1. The molecule has 1 aromatic carbocycles. The van der Waals surface area contributed by atoms with Crippen LogP contribution < -0.4 is 0 Å². The molecule has 2 heteroatoms. The Morgan fingerprint density at radius 1 is 1.40 bits per heavy atom. The largest absolute Gasteiger partial charge is 0.332 e. The minimum Gasteiger partial charge on any atom is -0.332 e. The lowest BCUT2D eigenvalue weighted by atomic mass is 10.1. The number of hydrogen-bond donors (Lipinski definition) is 0. The van der Waals surface area contributed by atoms with Gasteiger partial charge in [-0.25, -0.2) is 0 Å². The standard InChI is InChI=1S/C13H15NO/c1-3-10-14(4-2)13(15)11-12-8-6-5-7-9-12/h1,5-9H,4,10-11H2,2H3. The van der Waals surface area contributed by atoms with E-state index in [4.69, 9.17) is 6.42 Å². The van der Waals surface area contributed by atoms with Gasteiger partial charge in [-0.1, -0.05) is 36.3 Å². The Kier molecular flexibility index (Phi) is 4.43. The molecule has 0 aliphatic rings. The first-order valence-electron chi connectivity index (χ1n) is 5.03. The molecule has 0 unspecified atom stereocenters. The molecule has 0 saturated carbocycles. The Balaban J connectivity index is 2.59. The minimum atomic E-state index is 0.0849. The topological polar surface area (TPSA) is 20.3 Å². The van der Waals surface area contributed by atoms with E-state index in [1.54, 1.807) is 4.90 Å². The van der Waals surface area contributed by atoms with Crippen molar-refractivity contribution < 1.29 is 4.79 Å². The number of likely N-dealkylation sites (N-methyl/N-ethyl adjacent to an activating group) is 1. The summed E-state index contributed by atoms with van der Waals surface area (Å²) in [5.74, 6) is 2.58. The van der Waals surface area contributed by atoms with Crippen molar-refractivity contribution in [1.82, 2.24) is 4.90 Å². The van der Waals surface area contributed by atoms with E-state index in [0.29, 0.717) is 19.5 Å². The highest BCUT2D eigenvalue weighted by Gasteiger charge is 2.10. The molecule has 0 radical (unpaired) electrons. The highest BCUT2D eigenvalue weighted by atomic mass is 16.2. The molecule has 0 saturated heterocycles. The maximum atomic E-state index is 11.8. The summed E-state index contributed by atoms with van der Waals surface area (Å²) in [4.78, 5) is 13.4. The molecule has 0 heterocycles. The molecule has 0 aliphatic carbocycles. The number of nitrogens with zero attached hydrogens (tertiary/aromatic N) is 1. The molecule has 0 atom stereocenters. The summed E-state index contributed by atoms with van der Waals surface area (Å²) in [5.41, 5.74) is 1.03. The van der Waals surface area contributed by atoms with Crippen LogP contribution >= 0.6 is 0 Å². The fraction of sp³-hybridized carbons (Fsp3) is 0.308. The highest BCUT2D eigenvalue weighted by Crippen LogP contribution is 2.02. The molecule has 0 spiro atoms. The predicted molar refractivity (Wildman–Crippen MR) is 61.2 cm³/mol. The Labute approximate surface area is 90.9 Å². The molecule has 0 N–H and O–H groups in total. The van der Waals surface area contributed by atoms with E-state index < -0.39 is 0 Å². The lowest BCUT2D eigenvalue weighted by Crippen LogP contribution is -2.32. The Morgan fingerprint density at radius 3 is 2.60 bits per heavy atom. The van der Waals surface area contributed by atoms with Crippen LogP contribution in [0.15, 0.2) is 30.3 Å². The summed E-state index contributed by atoms with van der Waals surface area (Å²) in [5, 5.41) is 0. The number of terminal acetylenes is 1. The summed E-state index contributed by atoms with van der Waals surface area (Å²) in [7, 11) is 0. The van der Waals surface area contributed by atoms with E-state index in [-0.39, 0.29) is 5.91 Å². The molecule has 1 amide bonds. The van der Waals surface area contributed by atoms with E-state index in [1.807, 2.05) is 37.3 Å². The summed E-state index contributed by atoms with van der Waals surface area (Å²) in [6.45, 7) is 2.98. The second-order valence-corrected chi connectivity index (χ2v) is 3.27. The van der Waals surface area contributed by atoms with Gasteiger partial charge in [-0.15, -0.1) is 6.42 Å². The molecule has 2 nitrogen and oxygen atoms in total. The first-order valence-corrected chi connectivity index (χ1v) is 5.03. The minimum absolute atomic E-state index is 0.0849. The van der Waals surface area contributed by atoms with E-state index in [9.17, 15) is 4.79 Å². The molecule has 0 aliphatic heterocycles. The van der Waals surface area contributed by atoms with E-state index in [2.05, 4.69) is 5.92 Å². The van der Waals surface area contributed by atoms with Crippen molar-refractivity contribution in [2.45, 2.75) is 13.3 Å². The number of amides is 1. The van der Waals surface area contributed by atoms with Gasteiger partial charge in [0.25, 0.3) is 0 Å². The lowest BCUT2D eigenvalue weighted by Gasteiger charge is -2.17. The van der Waals surface area contributed by atoms with Gasteiger partial charge in [-0.2, -0.15) is 0 Å².